The first kappa shape index (κ1) is 12.0. The van der Waals surface area contributed by atoms with E-state index in [9.17, 15) is 9.18 Å². The predicted molar refractivity (Wildman–Crippen MR) is 59.7 cm³/mol. The molecule has 2 nitrogen and oxygen atoms in total. The summed E-state index contributed by atoms with van der Waals surface area (Å²) in [7, 11) is 0. The van der Waals surface area contributed by atoms with E-state index in [4.69, 9.17) is 11.6 Å². The second-order valence-electron chi connectivity index (χ2n) is 3.51. The quantitative estimate of drug-likeness (QED) is 0.794. The van der Waals surface area contributed by atoms with Crippen LogP contribution in [-0.4, -0.2) is 11.8 Å². The van der Waals surface area contributed by atoms with Crippen molar-refractivity contribution in [1.29, 1.82) is 0 Å². The van der Waals surface area contributed by atoms with Crippen LogP contribution in [-0.2, 0) is 4.79 Å². The second-order valence-corrected chi connectivity index (χ2v) is 3.82. The normalized spacial score (nSPS) is 12.3. The molecule has 1 aromatic rings. The number of halogens is 2. The first-order valence-electron chi connectivity index (χ1n) is 4.67. The first-order chi connectivity index (χ1) is 7.04. The van der Waals surface area contributed by atoms with Gasteiger partial charge in [-0.05, 0) is 30.7 Å². The summed E-state index contributed by atoms with van der Waals surface area (Å²) in [6.45, 7) is 3.38. The highest BCUT2D eigenvalue weighted by Crippen LogP contribution is 2.14. The largest absolute Gasteiger partial charge is 0.326 e. The van der Waals surface area contributed by atoms with Crippen LogP contribution in [0.25, 0.3) is 0 Å². The Hall–Kier alpha value is -1.09. The number of aryl methyl sites for hydroxylation is 1. The van der Waals surface area contributed by atoms with Gasteiger partial charge in [-0.3, -0.25) is 4.79 Å². The van der Waals surface area contributed by atoms with Crippen LogP contribution in [0.3, 0.4) is 0 Å². The van der Waals surface area contributed by atoms with E-state index < -0.39 is 0 Å². The van der Waals surface area contributed by atoms with E-state index in [1.165, 1.54) is 12.1 Å². The average Bonchev–Trinajstić information content (AvgIpc) is 2.22. The van der Waals surface area contributed by atoms with Gasteiger partial charge >= 0.3 is 0 Å². The van der Waals surface area contributed by atoms with Crippen molar-refractivity contribution in [2.24, 2.45) is 5.92 Å². The van der Waals surface area contributed by atoms with Crippen LogP contribution in [0.15, 0.2) is 18.2 Å². The zero-order chi connectivity index (χ0) is 11.4. The lowest BCUT2D eigenvalue weighted by molar-refractivity contribution is -0.118. The van der Waals surface area contributed by atoms with Gasteiger partial charge in [-0.2, -0.15) is 0 Å². The molecule has 1 atom stereocenters. The Morgan fingerprint density at radius 3 is 2.80 bits per heavy atom. The molecule has 0 fully saturated rings. The third-order valence-corrected chi connectivity index (χ3v) is 2.57. The summed E-state index contributed by atoms with van der Waals surface area (Å²) in [5.74, 6) is -0.419. The lowest BCUT2D eigenvalue weighted by Gasteiger charge is -2.09. The van der Waals surface area contributed by atoms with Gasteiger partial charge < -0.3 is 5.32 Å². The minimum Gasteiger partial charge on any atom is -0.326 e. The van der Waals surface area contributed by atoms with Crippen LogP contribution in [0.5, 0.6) is 0 Å². The lowest BCUT2D eigenvalue weighted by atomic mass is 10.1. The number of carbonyl (C=O) groups excluding carboxylic acids is 1. The Bertz CT molecular complexity index is 368. The number of benzene rings is 1. The maximum absolute atomic E-state index is 12.9. The summed E-state index contributed by atoms with van der Waals surface area (Å²) in [6.07, 6.45) is 0. The Morgan fingerprint density at radius 1 is 1.60 bits per heavy atom. The highest BCUT2D eigenvalue weighted by Gasteiger charge is 2.11. The predicted octanol–water partition coefficient (Wildman–Crippen LogP) is 2.95. The molecule has 82 valence electrons. The highest BCUT2D eigenvalue weighted by atomic mass is 35.5. The van der Waals surface area contributed by atoms with E-state index in [-0.39, 0.29) is 23.5 Å². The number of nitrogens with one attached hydrogen (secondary N) is 1. The summed E-state index contributed by atoms with van der Waals surface area (Å²) in [6, 6.07) is 4.45. The number of hydrogen-bond acceptors (Lipinski definition) is 1. The van der Waals surface area contributed by atoms with Crippen LogP contribution in [0.4, 0.5) is 10.1 Å². The average molecular weight is 230 g/mol. The molecule has 1 amide bonds. The van der Waals surface area contributed by atoms with Gasteiger partial charge in [0.2, 0.25) is 5.91 Å². The van der Waals surface area contributed by atoms with Crippen LogP contribution in [0.2, 0.25) is 0 Å². The molecule has 0 bridgehead atoms. The van der Waals surface area contributed by atoms with Gasteiger partial charge in [-0.1, -0.05) is 6.92 Å². The molecule has 1 unspecified atom stereocenters. The van der Waals surface area contributed by atoms with Crippen molar-refractivity contribution in [3.63, 3.8) is 0 Å². The van der Waals surface area contributed by atoms with E-state index in [0.717, 1.165) is 0 Å². The minimum absolute atomic E-state index is 0.156. The third-order valence-electron chi connectivity index (χ3n) is 2.10. The molecule has 1 N–H and O–H groups in total. The zero-order valence-electron chi connectivity index (χ0n) is 8.68. The van der Waals surface area contributed by atoms with Crippen molar-refractivity contribution in [2.45, 2.75) is 13.8 Å². The highest BCUT2D eigenvalue weighted by molar-refractivity contribution is 6.19. The molecule has 0 heterocycles. The van der Waals surface area contributed by atoms with Crippen molar-refractivity contribution in [3.8, 4) is 0 Å². The number of amides is 1. The number of hydrogen-bond donors (Lipinski definition) is 1. The fourth-order valence-corrected chi connectivity index (χ4v) is 1.20. The first-order valence-corrected chi connectivity index (χ1v) is 5.21. The molecule has 0 aromatic heterocycles. The third kappa shape index (κ3) is 3.20. The summed E-state index contributed by atoms with van der Waals surface area (Å²) in [5.41, 5.74) is 1.10. The number of carbonyl (C=O) groups is 1. The lowest BCUT2D eigenvalue weighted by Crippen LogP contribution is -2.21. The van der Waals surface area contributed by atoms with Crippen LogP contribution in [0.1, 0.15) is 12.5 Å². The second kappa shape index (κ2) is 5.12. The summed E-state index contributed by atoms with van der Waals surface area (Å²) < 4.78 is 12.9. The molecule has 1 rings (SSSR count). The Labute approximate surface area is 93.4 Å². The van der Waals surface area contributed by atoms with Gasteiger partial charge in [0.1, 0.15) is 5.82 Å². The van der Waals surface area contributed by atoms with Crippen molar-refractivity contribution in [2.75, 3.05) is 11.2 Å². The summed E-state index contributed by atoms with van der Waals surface area (Å²) in [4.78, 5) is 11.5. The number of rotatable bonds is 3. The van der Waals surface area contributed by atoms with Gasteiger partial charge in [-0.25, -0.2) is 4.39 Å². The van der Waals surface area contributed by atoms with Crippen molar-refractivity contribution >= 4 is 23.2 Å². The van der Waals surface area contributed by atoms with E-state index >= 15 is 0 Å². The maximum Gasteiger partial charge on any atom is 0.228 e. The molecule has 0 spiro atoms. The minimum atomic E-state index is -0.279. The van der Waals surface area contributed by atoms with Crippen LogP contribution in [0, 0.1) is 18.7 Å². The van der Waals surface area contributed by atoms with E-state index in [1.807, 2.05) is 0 Å². The van der Waals surface area contributed by atoms with E-state index in [1.54, 1.807) is 19.9 Å². The number of anilines is 1. The van der Waals surface area contributed by atoms with Gasteiger partial charge in [0.05, 0.1) is 0 Å². The molecule has 0 aliphatic carbocycles. The smallest absolute Gasteiger partial charge is 0.228 e. The molecule has 1 aromatic carbocycles. The summed E-state index contributed by atoms with van der Waals surface area (Å²) >= 11 is 5.55. The Balaban J connectivity index is 2.73. The molecule has 0 aliphatic rings. The molecule has 15 heavy (non-hydrogen) atoms. The topological polar surface area (TPSA) is 29.1 Å². The molecule has 4 heteroatoms. The fourth-order valence-electron chi connectivity index (χ4n) is 1.06. The Morgan fingerprint density at radius 2 is 2.27 bits per heavy atom. The van der Waals surface area contributed by atoms with Gasteiger partial charge in [0.15, 0.2) is 0 Å². The van der Waals surface area contributed by atoms with E-state index in [0.29, 0.717) is 11.3 Å². The zero-order valence-corrected chi connectivity index (χ0v) is 9.44. The van der Waals surface area contributed by atoms with Crippen molar-refractivity contribution in [1.82, 2.24) is 0 Å². The molecular formula is C11H13ClFNO. The molecule has 0 aliphatic heterocycles. The molecule has 0 saturated carbocycles. The van der Waals surface area contributed by atoms with E-state index in [2.05, 4.69) is 5.32 Å². The van der Waals surface area contributed by atoms with Crippen molar-refractivity contribution < 1.29 is 9.18 Å². The fraction of sp³-hybridized carbons (Fsp3) is 0.364. The van der Waals surface area contributed by atoms with Gasteiger partial charge in [-0.15, -0.1) is 11.6 Å². The Kier molecular flexibility index (Phi) is 4.09. The maximum atomic E-state index is 12.9. The van der Waals surface area contributed by atoms with Gasteiger partial charge in [0.25, 0.3) is 0 Å². The standard InChI is InChI=1S/C11H13ClFNO/c1-7-5-9(3-4-10(7)13)14-11(15)8(2)6-12/h3-5,8H,6H2,1-2H3,(H,14,15). The molecule has 0 saturated heterocycles. The van der Waals surface area contributed by atoms with Crippen LogP contribution >= 0.6 is 11.6 Å². The number of alkyl halides is 1. The van der Waals surface area contributed by atoms with Crippen LogP contribution < -0.4 is 5.32 Å². The SMILES string of the molecule is Cc1cc(NC(=O)C(C)CCl)ccc1F. The monoisotopic (exact) mass is 229 g/mol. The summed E-state index contributed by atoms with van der Waals surface area (Å²) in [5, 5.41) is 2.67. The molecular weight excluding hydrogens is 217 g/mol. The van der Waals surface area contributed by atoms with Gasteiger partial charge in [0, 0.05) is 17.5 Å². The molecule has 0 radical (unpaired) electrons. The van der Waals surface area contributed by atoms with Crippen molar-refractivity contribution in [3.05, 3.63) is 29.6 Å².